The molecule has 1 amide bonds. The summed E-state index contributed by atoms with van der Waals surface area (Å²) in [5, 5.41) is 4.89. The van der Waals surface area contributed by atoms with Gasteiger partial charge in [0.25, 0.3) is 5.91 Å². The molecule has 0 aliphatic carbocycles. The number of hydrogen-bond acceptors (Lipinski definition) is 7. The van der Waals surface area contributed by atoms with Crippen molar-refractivity contribution in [2.45, 2.75) is 0 Å². The normalized spacial score (nSPS) is 10.6. The van der Waals surface area contributed by atoms with Crippen LogP contribution in [0.5, 0.6) is 11.5 Å². The van der Waals surface area contributed by atoms with Crippen LogP contribution in [0.2, 0.25) is 10.0 Å². The summed E-state index contributed by atoms with van der Waals surface area (Å²) in [6.07, 6.45) is 4.27. The third-order valence-electron chi connectivity index (χ3n) is 4.87. The zero-order valence-electron chi connectivity index (χ0n) is 18.9. The van der Waals surface area contributed by atoms with Gasteiger partial charge >= 0.3 is 11.9 Å². The molecule has 0 radical (unpaired) electrons. The van der Waals surface area contributed by atoms with Crippen molar-refractivity contribution < 1.29 is 23.9 Å². The zero-order valence-corrected chi connectivity index (χ0v) is 20.4. The first-order valence-corrected chi connectivity index (χ1v) is 11.5. The molecule has 0 saturated heterocycles. The maximum Gasteiger partial charge on any atom is 0.343 e. The smallest absolute Gasteiger partial charge is 0.343 e. The van der Waals surface area contributed by atoms with E-state index in [0.29, 0.717) is 21.2 Å². The number of hydrogen-bond donors (Lipinski definition) is 1. The molecule has 37 heavy (non-hydrogen) atoms. The molecule has 4 aromatic rings. The summed E-state index contributed by atoms with van der Waals surface area (Å²) in [7, 11) is 0. The highest BCUT2D eigenvalue weighted by atomic mass is 35.5. The highest BCUT2D eigenvalue weighted by molar-refractivity contribution is 6.31. The second-order valence-electron chi connectivity index (χ2n) is 7.43. The van der Waals surface area contributed by atoms with Crippen LogP contribution in [0.3, 0.4) is 0 Å². The van der Waals surface area contributed by atoms with Crippen LogP contribution in [-0.2, 0) is 0 Å². The van der Waals surface area contributed by atoms with Crippen molar-refractivity contribution in [1.82, 2.24) is 10.4 Å². The van der Waals surface area contributed by atoms with Gasteiger partial charge < -0.3 is 9.47 Å². The van der Waals surface area contributed by atoms with Gasteiger partial charge in [0.05, 0.1) is 17.3 Å². The Hall–Kier alpha value is -4.53. The summed E-state index contributed by atoms with van der Waals surface area (Å²) < 4.78 is 11.0. The van der Waals surface area contributed by atoms with Crippen LogP contribution in [0.1, 0.15) is 36.6 Å². The van der Waals surface area contributed by atoms with Crippen molar-refractivity contribution in [2.24, 2.45) is 5.10 Å². The number of nitrogens with zero attached hydrogens (tertiary/aromatic N) is 2. The van der Waals surface area contributed by atoms with E-state index in [1.807, 2.05) is 0 Å². The molecular weight excluding hydrogens is 517 g/mol. The van der Waals surface area contributed by atoms with E-state index in [4.69, 9.17) is 32.7 Å². The Morgan fingerprint density at radius 2 is 1.30 bits per heavy atom. The molecule has 0 bridgehead atoms. The summed E-state index contributed by atoms with van der Waals surface area (Å²) in [5.74, 6) is -1.59. The van der Waals surface area contributed by atoms with Gasteiger partial charge in [-0.2, -0.15) is 5.10 Å². The average Bonchev–Trinajstić information content (AvgIpc) is 2.91. The molecular formula is C27H17Cl2N3O5. The van der Waals surface area contributed by atoms with Gasteiger partial charge in [0, 0.05) is 39.6 Å². The molecule has 4 rings (SSSR count). The minimum atomic E-state index is -0.673. The van der Waals surface area contributed by atoms with Gasteiger partial charge in [0.2, 0.25) is 0 Å². The van der Waals surface area contributed by atoms with Crippen molar-refractivity contribution in [3.8, 4) is 11.5 Å². The Morgan fingerprint density at radius 3 is 1.89 bits per heavy atom. The lowest BCUT2D eigenvalue weighted by Gasteiger charge is -2.11. The Morgan fingerprint density at radius 1 is 0.730 bits per heavy atom. The standard InChI is InChI=1S/C27H17Cl2N3O5/c28-21-6-1-18(2-7-21)26(34)36-23-10-5-20(16-31-32-25(33)17-11-13-30-14-12-17)24(15-23)37-27(35)19-3-8-22(29)9-4-19/h1-16H,(H,32,33). The Balaban J connectivity index is 1.56. The van der Waals surface area contributed by atoms with E-state index in [1.165, 1.54) is 73.2 Å². The molecule has 0 aliphatic rings. The SMILES string of the molecule is O=C(NN=Cc1ccc(OC(=O)c2ccc(Cl)cc2)cc1OC(=O)c1ccc(Cl)cc1)c1ccncc1. The zero-order chi connectivity index (χ0) is 26.2. The fourth-order valence-corrected chi connectivity index (χ4v) is 3.25. The first-order valence-electron chi connectivity index (χ1n) is 10.7. The number of rotatable bonds is 7. The fourth-order valence-electron chi connectivity index (χ4n) is 3.00. The first-order chi connectivity index (χ1) is 17.9. The van der Waals surface area contributed by atoms with Gasteiger partial charge in [-0.1, -0.05) is 23.2 Å². The van der Waals surface area contributed by atoms with E-state index < -0.39 is 17.8 Å². The van der Waals surface area contributed by atoms with E-state index in [-0.39, 0.29) is 22.6 Å². The lowest BCUT2D eigenvalue weighted by Crippen LogP contribution is -2.17. The number of benzene rings is 3. The molecule has 0 unspecified atom stereocenters. The number of carbonyl (C=O) groups excluding carboxylic acids is 3. The predicted molar refractivity (Wildman–Crippen MR) is 139 cm³/mol. The van der Waals surface area contributed by atoms with E-state index >= 15 is 0 Å². The van der Waals surface area contributed by atoms with E-state index in [1.54, 1.807) is 24.3 Å². The highest BCUT2D eigenvalue weighted by Crippen LogP contribution is 2.26. The molecule has 10 heteroatoms. The molecule has 3 aromatic carbocycles. The van der Waals surface area contributed by atoms with Crippen LogP contribution >= 0.6 is 23.2 Å². The summed E-state index contributed by atoms with van der Waals surface area (Å²) in [5.41, 5.74) is 3.63. The number of ether oxygens (including phenoxy) is 2. The van der Waals surface area contributed by atoms with E-state index in [0.717, 1.165) is 0 Å². The van der Waals surface area contributed by atoms with Crippen LogP contribution in [-0.4, -0.2) is 29.0 Å². The van der Waals surface area contributed by atoms with E-state index in [2.05, 4.69) is 15.5 Å². The van der Waals surface area contributed by atoms with Crippen molar-refractivity contribution in [3.63, 3.8) is 0 Å². The van der Waals surface area contributed by atoms with Crippen molar-refractivity contribution in [1.29, 1.82) is 0 Å². The topological polar surface area (TPSA) is 107 Å². The lowest BCUT2D eigenvalue weighted by molar-refractivity contribution is 0.0732. The third kappa shape index (κ3) is 7.00. The van der Waals surface area contributed by atoms with Crippen LogP contribution in [0.4, 0.5) is 0 Å². The maximum absolute atomic E-state index is 12.7. The van der Waals surface area contributed by atoms with Crippen molar-refractivity contribution >= 4 is 47.3 Å². The van der Waals surface area contributed by atoms with Crippen LogP contribution in [0, 0.1) is 0 Å². The highest BCUT2D eigenvalue weighted by Gasteiger charge is 2.15. The number of nitrogens with one attached hydrogen (secondary N) is 1. The van der Waals surface area contributed by atoms with E-state index in [9.17, 15) is 14.4 Å². The maximum atomic E-state index is 12.7. The van der Waals surface area contributed by atoms with Gasteiger partial charge in [-0.15, -0.1) is 0 Å². The Labute approximate surface area is 221 Å². The van der Waals surface area contributed by atoms with Crippen LogP contribution in [0.25, 0.3) is 0 Å². The van der Waals surface area contributed by atoms with Crippen molar-refractivity contribution in [3.05, 3.63) is 124 Å². The number of amides is 1. The Bertz CT molecular complexity index is 1460. The molecule has 1 N–H and O–H groups in total. The molecule has 184 valence electrons. The molecule has 0 fully saturated rings. The van der Waals surface area contributed by atoms with Crippen molar-refractivity contribution in [2.75, 3.05) is 0 Å². The molecule has 0 atom stereocenters. The minimum absolute atomic E-state index is 0.0447. The number of halogens is 2. The molecule has 1 aromatic heterocycles. The lowest BCUT2D eigenvalue weighted by atomic mass is 10.2. The molecule has 8 nitrogen and oxygen atoms in total. The fraction of sp³-hybridized carbons (Fsp3) is 0. The number of aromatic nitrogens is 1. The molecule has 0 saturated carbocycles. The molecule has 0 spiro atoms. The van der Waals surface area contributed by atoms with Gasteiger partial charge in [-0.05, 0) is 72.8 Å². The Kier molecular flexibility index (Phi) is 8.25. The first kappa shape index (κ1) is 25.6. The van der Waals surface area contributed by atoms with Gasteiger partial charge in [0.1, 0.15) is 11.5 Å². The summed E-state index contributed by atoms with van der Waals surface area (Å²) in [4.78, 5) is 41.3. The van der Waals surface area contributed by atoms with Crippen LogP contribution < -0.4 is 14.9 Å². The van der Waals surface area contributed by atoms with Crippen LogP contribution in [0.15, 0.2) is 96.4 Å². The van der Waals surface area contributed by atoms with Gasteiger partial charge in [0.15, 0.2) is 0 Å². The number of hydrazone groups is 1. The monoisotopic (exact) mass is 533 g/mol. The average molecular weight is 534 g/mol. The third-order valence-corrected chi connectivity index (χ3v) is 5.37. The molecule has 0 aliphatic heterocycles. The molecule has 1 heterocycles. The number of esters is 2. The second-order valence-corrected chi connectivity index (χ2v) is 8.30. The predicted octanol–water partition coefficient (Wildman–Crippen LogP) is 5.59. The summed E-state index contributed by atoms with van der Waals surface area (Å²) >= 11 is 11.8. The van der Waals surface area contributed by atoms with Gasteiger partial charge in [-0.25, -0.2) is 15.0 Å². The van der Waals surface area contributed by atoms with Gasteiger partial charge in [-0.3, -0.25) is 9.78 Å². The quantitative estimate of drug-likeness (QED) is 0.143. The number of carbonyl (C=O) groups is 3. The summed E-state index contributed by atoms with van der Waals surface area (Å²) in [6, 6.07) is 19.8. The number of pyridine rings is 1. The second kappa shape index (κ2) is 11.9. The minimum Gasteiger partial charge on any atom is -0.423 e. The largest absolute Gasteiger partial charge is 0.423 e. The summed E-state index contributed by atoms with van der Waals surface area (Å²) in [6.45, 7) is 0.